The number of aliphatic hydroxyl groups excluding tert-OH is 1. The molecule has 0 atom stereocenters. The van der Waals surface area contributed by atoms with Gasteiger partial charge in [0.25, 0.3) is 5.91 Å². The molecule has 0 bridgehead atoms. The number of amides is 1. The second-order valence-electron chi connectivity index (χ2n) is 4.60. The van der Waals surface area contributed by atoms with Gasteiger partial charge in [-0.2, -0.15) is 10.2 Å². The van der Waals surface area contributed by atoms with Gasteiger partial charge in [0.15, 0.2) is 11.5 Å². The van der Waals surface area contributed by atoms with Crippen LogP contribution in [0.5, 0.6) is 11.5 Å². The van der Waals surface area contributed by atoms with E-state index in [2.05, 4.69) is 25.6 Å². The van der Waals surface area contributed by atoms with Gasteiger partial charge in [-0.25, -0.2) is 0 Å². The quantitative estimate of drug-likeness (QED) is 0.392. The number of rotatable bonds is 7. The molecular weight excluding hydrogens is 292 g/mol. The summed E-state index contributed by atoms with van der Waals surface area (Å²) in [5.41, 5.74) is 7.78. The molecule has 0 spiro atoms. The standard InChI is InChI=1S/C12H14N6O4/c1-22-9-3-7(2-8(4-19)10(9)20)11(21)14-5-12(16-17-12)6-15-18-13/h2-3,19-20H,4-6H2,1H3,(H,14,21). The first kappa shape index (κ1) is 15.5. The minimum atomic E-state index is -0.886. The third-order valence-corrected chi connectivity index (χ3v) is 3.11. The Labute approximate surface area is 125 Å². The summed E-state index contributed by atoms with van der Waals surface area (Å²) in [4.78, 5) is 14.7. The van der Waals surface area contributed by atoms with Crippen LogP contribution in [0.3, 0.4) is 0 Å². The van der Waals surface area contributed by atoms with Crippen LogP contribution in [-0.2, 0) is 6.61 Å². The summed E-state index contributed by atoms with van der Waals surface area (Å²) in [5, 5.41) is 32.5. The van der Waals surface area contributed by atoms with Crippen molar-refractivity contribution in [3.8, 4) is 11.5 Å². The van der Waals surface area contributed by atoms with Gasteiger partial charge < -0.3 is 20.3 Å². The number of methoxy groups -OCH3 is 1. The first-order chi connectivity index (χ1) is 10.5. The molecule has 1 aromatic carbocycles. The molecule has 1 aliphatic heterocycles. The van der Waals surface area contributed by atoms with E-state index in [-0.39, 0.29) is 35.7 Å². The van der Waals surface area contributed by atoms with Crippen LogP contribution in [0.1, 0.15) is 15.9 Å². The zero-order chi connectivity index (χ0) is 16.2. The maximum atomic E-state index is 12.1. The van der Waals surface area contributed by atoms with Crippen molar-refractivity contribution in [3.63, 3.8) is 0 Å². The molecule has 1 amide bonds. The lowest BCUT2D eigenvalue weighted by atomic mass is 10.1. The fourth-order valence-corrected chi connectivity index (χ4v) is 1.80. The number of carbonyl (C=O) groups is 1. The van der Waals surface area contributed by atoms with E-state index in [9.17, 15) is 15.0 Å². The SMILES string of the molecule is COc1cc(C(=O)NCC2(CN=[N+]=[N-])N=N2)cc(CO)c1O. The number of hydrogen-bond donors (Lipinski definition) is 3. The Morgan fingerprint density at radius 2 is 2.27 bits per heavy atom. The number of benzene rings is 1. The fraction of sp³-hybridized carbons (Fsp3) is 0.417. The van der Waals surface area contributed by atoms with Crippen molar-refractivity contribution >= 4 is 5.91 Å². The zero-order valence-electron chi connectivity index (χ0n) is 11.7. The molecular formula is C12H14N6O4. The number of phenols is 1. The highest BCUT2D eigenvalue weighted by Crippen LogP contribution is 2.32. The lowest BCUT2D eigenvalue weighted by molar-refractivity contribution is 0.0948. The van der Waals surface area contributed by atoms with Gasteiger partial charge in [-0.05, 0) is 17.7 Å². The molecule has 0 fully saturated rings. The Morgan fingerprint density at radius 1 is 1.55 bits per heavy atom. The summed E-state index contributed by atoms with van der Waals surface area (Å²) < 4.78 is 4.96. The van der Waals surface area contributed by atoms with Gasteiger partial charge in [0.1, 0.15) is 0 Å². The third kappa shape index (κ3) is 3.25. The Bertz CT molecular complexity index is 637. The van der Waals surface area contributed by atoms with E-state index in [0.29, 0.717) is 0 Å². The number of hydrogen-bond acceptors (Lipinski definition) is 7. The van der Waals surface area contributed by atoms with E-state index in [0.717, 1.165) is 0 Å². The molecule has 2 rings (SSSR count). The van der Waals surface area contributed by atoms with Crippen LogP contribution in [0.2, 0.25) is 0 Å². The Morgan fingerprint density at radius 3 is 2.82 bits per heavy atom. The first-order valence-corrected chi connectivity index (χ1v) is 6.29. The van der Waals surface area contributed by atoms with Crippen LogP contribution in [0, 0.1) is 0 Å². The Balaban J connectivity index is 2.08. The highest BCUT2D eigenvalue weighted by atomic mass is 16.5. The number of aliphatic hydroxyl groups is 1. The molecule has 0 unspecified atom stereocenters. The van der Waals surface area contributed by atoms with Crippen molar-refractivity contribution in [2.75, 3.05) is 20.2 Å². The summed E-state index contributed by atoms with van der Waals surface area (Å²) in [6.45, 7) is -0.318. The van der Waals surface area contributed by atoms with Gasteiger partial charge in [0, 0.05) is 16.0 Å². The minimum Gasteiger partial charge on any atom is -0.504 e. The number of nitrogens with zero attached hydrogens (tertiary/aromatic N) is 5. The van der Waals surface area contributed by atoms with Crippen molar-refractivity contribution in [2.45, 2.75) is 12.3 Å². The molecule has 116 valence electrons. The van der Waals surface area contributed by atoms with E-state index >= 15 is 0 Å². The largest absolute Gasteiger partial charge is 0.504 e. The normalized spacial score (nSPS) is 14.1. The first-order valence-electron chi connectivity index (χ1n) is 6.29. The van der Waals surface area contributed by atoms with E-state index < -0.39 is 18.2 Å². The highest BCUT2D eigenvalue weighted by Gasteiger charge is 2.39. The van der Waals surface area contributed by atoms with E-state index in [4.69, 9.17) is 10.3 Å². The van der Waals surface area contributed by atoms with E-state index in [1.54, 1.807) is 0 Å². The second-order valence-corrected chi connectivity index (χ2v) is 4.60. The van der Waals surface area contributed by atoms with Crippen LogP contribution < -0.4 is 10.1 Å². The molecule has 3 N–H and O–H groups in total. The number of nitrogens with one attached hydrogen (secondary N) is 1. The van der Waals surface area contributed by atoms with Crippen molar-refractivity contribution < 1.29 is 19.7 Å². The average Bonchev–Trinajstić information content (AvgIpc) is 3.31. The van der Waals surface area contributed by atoms with Crippen molar-refractivity contribution in [2.24, 2.45) is 15.3 Å². The lowest BCUT2D eigenvalue weighted by Crippen LogP contribution is -2.36. The summed E-state index contributed by atoms with van der Waals surface area (Å²) in [6.07, 6.45) is 0. The third-order valence-electron chi connectivity index (χ3n) is 3.11. The number of aromatic hydroxyl groups is 1. The monoisotopic (exact) mass is 306 g/mol. The van der Waals surface area contributed by atoms with E-state index in [1.165, 1.54) is 19.2 Å². The summed E-state index contributed by atoms with van der Waals surface area (Å²) in [6, 6.07) is 2.71. The van der Waals surface area contributed by atoms with Crippen molar-refractivity contribution in [3.05, 3.63) is 33.7 Å². The molecule has 10 nitrogen and oxygen atoms in total. The van der Waals surface area contributed by atoms with Crippen LogP contribution in [0.25, 0.3) is 10.4 Å². The second kappa shape index (κ2) is 6.29. The molecule has 0 saturated carbocycles. The molecule has 1 aliphatic rings. The smallest absolute Gasteiger partial charge is 0.251 e. The zero-order valence-corrected chi connectivity index (χ0v) is 11.7. The summed E-state index contributed by atoms with van der Waals surface area (Å²) >= 11 is 0. The molecule has 1 heterocycles. The predicted octanol–water partition coefficient (Wildman–Crippen LogP) is 1.10. The molecule has 0 aliphatic carbocycles. The Hall–Kier alpha value is -2.84. The summed E-state index contributed by atoms with van der Waals surface area (Å²) in [5.74, 6) is -0.583. The number of ether oxygens (including phenoxy) is 1. The van der Waals surface area contributed by atoms with Crippen LogP contribution in [0.4, 0.5) is 0 Å². The fourth-order valence-electron chi connectivity index (χ4n) is 1.80. The maximum absolute atomic E-state index is 12.1. The van der Waals surface area contributed by atoms with E-state index in [1.807, 2.05) is 0 Å². The predicted molar refractivity (Wildman–Crippen MR) is 74.5 cm³/mol. The topological polar surface area (TPSA) is 152 Å². The van der Waals surface area contributed by atoms with Gasteiger partial charge in [0.2, 0.25) is 5.66 Å². The Kier molecular flexibility index (Phi) is 4.44. The van der Waals surface area contributed by atoms with Gasteiger partial charge in [-0.1, -0.05) is 5.11 Å². The molecule has 0 aromatic heterocycles. The van der Waals surface area contributed by atoms with Gasteiger partial charge >= 0.3 is 0 Å². The molecule has 0 saturated heterocycles. The molecule has 1 aromatic rings. The van der Waals surface area contributed by atoms with Crippen LogP contribution in [0.15, 0.2) is 27.5 Å². The van der Waals surface area contributed by atoms with Crippen LogP contribution in [-0.4, -0.2) is 42.0 Å². The van der Waals surface area contributed by atoms with Gasteiger partial charge in [-0.3, -0.25) is 4.79 Å². The van der Waals surface area contributed by atoms with Crippen molar-refractivity contribution in [1.82, 2.24) is 5.32 Å². The molecule has 22 heavy (non-hydrogen) atoms. The van der Waals surface area contributed by atoms with Crippen molar-refractivity contribution in [1.29, 1.82) is 0 Å². The average molecular weight is 306 g/mol. The number of azide groups is 1. The summed E-state index contributed by atoms with van der Waals surface area (Å²) in [7, 11) is 1.34. The van der Waals surface area contributed by atoms with Gasteiger partial charge in [-0.15, -0.1) is 0 Å². The maximum Gasteiger partial charge on any atom is 0.251 e. The number of carbonyl (C=O) groups excluding carboxylic acids is 1. The molecule has 0 radical (unpaired) electrons. The highest BCUT2D eigenvalue weighted by molar-refractivity contribution is 5.95. The van der Waals surface area contributed by atoms with Crippen LogP contribution >= 0.6 is 0 Å². The van der Waals surface area contributed by atoms with Gasteiger partial charge in [0.05, 0.1) is 26.8 Å². The molecule has 10 heteroatoms. The minimum absolute atomic E-state index is 0.0323. The lowest BCUT2D eigenvalue weighted by Gasteiger charge is -2.12.